The predicted octanol–water partition coefficient (Wildman–Crippen LogP) is 2.37. The smallest absolute Gasteiger partial charge is 0.150 e. The minimum atomic E-state index is -2.78. The lowest BCUT2D eigenvalue weighted by Gasteiger charge is -2.29. The highest BCUT2D eigenvalue weighted by Crippen LogP contribution is 2.41. The standard InChI is InChI=1S/C13H27NO2S/c1-3-14-12-13(8-5-6-9-13)10-7-11-17(15,16)4-2/h14H,3-12H2,1-2H3. The third-order valence-corrected chi connectivity index (χ3v) is 5.81. The van der Waals surface area contributed by atoms with Crippen LogP contribution in [0, 0.1) is 5.41 Å². The van der Waals surface area contributed by atoms with E-state index >= 15 is 0 Å². The van der Waals surface area contributed by atoms with Crippen LogP contribution in [0.5, 0.6) is 0 Å². The quantitative estimate of drug-likeness (QED) is 0.729. The molecule has 0 radical (unpaired) electrons. The van der Waals surface area contributed by atoms with Crippen LogP contribution in [-0.4, -0.2) is 33.0 Å². The molecule has 0 atom stereocenters. The maximum atomic E-state index is 11.5. The van der Waals surface area contributed by atoms with Crippen LogP contribution in [0.2, 0.25) is 0 Å². The summed E-state index contributed by atoms with van der Waals surface area (Å²) in [5.74, 6) is 0.657. The fourth-order valence-electron chi connectivity index (χ4n) is 2.84. The van der Waals surface area contributed by atoms with E-state index in [1.165, 1.54) is 25.7 Å². The molecule has 1 rings (SSSR count). The molecule has 1 saturated carbocycles. The van der Waals surface area contributed by atoms with E-state index in [1.54, 1.807) is 6.92 Å². The molecule has 4 heteroatoms. The van der Waals surface area contributed by atoms with Gasteiger partial charge in [0.15, 0.2) is 0 Å². The Hall–Kier alpha value is -0.0900. The summed E-state index contributed by atoms with van der Waals surface area (Å²) in [6, 6.07) is 0. The van der Waals surface area contributed by atoms with Crippen molar-refractivity contribution in [2.24, 2.45) is 5.41 Å². The van der Waals surface area contributed by atoms with Gasteiger partial charge in [0.25, 0.3) is 0 Å². The molecule has 1 aliphatic carbocycles. The lowest BCUT2D eigenvalue weighted by atomic mass is 9.81. The third kappa shape index (κ3) is 4.96. The lowest BCUT2D eigenvalue weighted by molar-refractivity contribution is 0.257. The Morgan fingerprint density at radius 2 is 1.82 bits per heavy atom. The molecule has 0 amide bonds. The maximum absolute atomic E-state index is 11.5. The molecule has 0 bridgehead atoms. The van der Waals surface area contributed by atoms with E-state index < -0.39 is 9.84 Å². The van der Waals surface area contributed by atoms with Crippen LogP contribution < -0.4 is 5.32 Å². The average Bonchev–Trinajstić information content (AvgIpc) is 2.75. The molecule has 1 N–H and O–H groups in total. The third-order valence-electron chi connectivity index (χ3n) is 4.02. The van der Waals surface area contributed by atoms with Gasteiger partial charge in [0.05, 0.1) is 5.75 Å². The topological polar surface area (TPSA) is 46.2 Å². The van der Waals surface area contributed by atoms with Crippen molar-refractivity contribution < 1.29 is 8.42 Å². The molecule has 1 fully saturated rings. The first-order chi connectivity index (χ1) is 8.04. The van der Waals surface area contributed by atoms with E-state index in [0.717, 1.165) is 25.9 Å². The first kappa shape index (κ1) is 15.0. The van der Waals surface area contributed by atoms with Gasteiger partial charge in [0.2, 0.25) is 0 Å². The molecular weight excluding hydrogens is 234 g/mol. The fraction of sp³-hybridized carbons (Fsp3) is 1.00. The van der Waals surface area contributed by atoms with Gasteiger partial charge in [0.1, 0.15) is 9.84 Å². The second-order valence-electron chi connectivity index (χ2n) is 5.33. The molecule has 3 nitrogen and oxygen atoms in total. The number of rotatable bonds is 8. The van der Waals surface area contributed by atoms with Gasteiger partial charge >= 0.3 is 0 Å². The Bertz CT molecular complexity index is 305. The van der Waals surface area contributed by atoms with Gasteiger partial charge in [-0.25, -0.2) is 8.42 Å². The molecule has 0 aromatic rings. The van der Waals surface area contributed by atoms with Crippen molar-refractivity contribution in [3.63, 3.8) is 0 Å². The molecule has 0 aromatic heterocycles. The highest BCUT2D eigenvalue weighted by molar-refractivity contribution is 7.91. The molecule has 0 saturated heterocycles. The summed E-state index contributed by atoms with van der Waals surface area (Å²) in [6.07, 6.45) is 7.07. The monoisotopic (exact) mass is 261 g/mol. The summed E-state index contributed by atoms with van der Waals surface area (Å²) in [6.45, 7) is 5.94. The van der Waals surface area contributed by atoms with Crippen molar-refractivity contribution >= 4 is 9.84 Å². The zero-order valence-corrected chi connectivity index (χ0v) is 12.1. The van der Waals surface area contributed by atoms with E-state index in [9.17, 15) is 8.42 Å². The molecule has 0 aromatic carbocycles. The molecular formula is C13H27NO2S. The summed E-state index contributed by atoms with van der Waals surface area (Å²) in [4.78, 5) is 0. The second-order valence-corrected chi connectivity index (χ2v) is 7.80. The molecule has 0 heterocycles. The van der Waals surface area contributed by atoms with Crippen LogP contribution in [-0.2, 0) is 9.84 Å². The van der Waals surface area contributed by atoms with Crippen LogP contribution in [0.15, 0.2) is 0 Å². The van der Waals surface area contributed by atoms with Crippen LogP contribution >= 0.6 is 0 Å². The lowest BCUT2D eigenvalue weighted by Crippen LogP contribution is -2.32. The number of nitrogens with one attached hydrogen (secondary N) is 1. The van der Waals surface area contributed by atoms with E-state index in [2.05, 4.69) is 12.2 Å². The number of hydrogen-bond donors (Lipinski definition) is 1. The largest absolute Gasteiger partial charge is 0.316 e. The van der Waals surface area contributed by atoms with Gasteiger partial charge < -0.3 is 5.32 Å². The van der Waals surface area contributed by atoms with Crippen molar-refractivity contribution in [3.05, 3.63) is 0 Å². The Morgan fingerprint density at radius 3 is 2.35 bits per heavy atom. The summed E-state index contributed by atoms with van der Waals surface area (Å²) >= 11 is 0. The molecule has 0 spiro atoms. The van der Waals surface area contributed by atoms with Crippen LogP contribution in [0.1, 0.15) is 52.4 Å². The van der Waals surface area contributed by atoms with Crippen molar-refractivity contribution in [2.75, 3.05) is 24.6 Å². The van der Waals surface area contributed by atoms with E-state index in [4.69, 9.17) is 0 Å². The van der Waals surface area contributed by atoms with Crippen LogP contribution in [0.25, 0.3) is 0 Å². The van der Waals surface area contributed by atoms with Gasteiger partial charge in [-0.1, -0.05) is 26.7 Å². The van der Waals surface area contributed by atoms with Gasteiger partial charge in [-0.3, -0.25) is 0 Å². The average molecular weight is 261 g/mol. The summed E-state index contributed by atoms with van der Waals surface area (Å²) in [5, 5.41) is 3.44. The van der Waals surface area contributed by atoms with Gasteiger partial charge in [-0.15, -0.1) is 0 Å². The van der Waals surface area contributed by atoms with E-state index in [1.807, 2.05) is 0 Å². The van der Waals surface area contributed by atoms with E-state index in [-0.39, 0.29) is 5.75 Å². The summed E-state index contributed by atoms with van der Waals surface area (Å²) in [5.41, 5.74) is 0.388. The highest BCUT2D eigenvalue weighted by Gasteiger charge is 2.32. The number of sulfone groups is 1. The predicted molar refractivity (Wildman–Crippen MR) is 73.0 cm³/mol. The SMILES string of the molecule is CCNCC1(CCCS(=O)(=O)CC)CCCC1. The van der Waals surface area contributed by atoms with Gasteiger partial charge in [0, 0.05) is 12.3 Å². The molecule has 102 valence electrons. The fourth-order valence-corrected chi connectivity index (χ4v) is 3.71. The maximum Gasteiger partial charge on any atom is 0.150 e. The zero-order chi connectivity index (χ0) is 12.8. The van der Waals surface area contributed by atoms with Crippen molar-refractivity contribution in [3.8, 4) is 0 Å². The Kier molecular flexibility index (Phi) is 5.93. The Labute approximate surface area is 106 Å². The summed E-state index contributed by atoms with van der Waals surface area (Å²) < 4.78 is 23.0. The summed E-state index contributed by atoms with van der Waals surface area (Å²) in [7, 11) is -2.78. The highest BCUT2D eigenvalue weighted by atomic mass is 32.2. The van der Waals surface area contributed by atoms with Crippen LogP contribution in [0.4, 0.5) is 0 Å². The zero-order valence-electron chi connectivity index (χ0n) is 11.3. The first-order valence-electron chi connectivity index (χ1n) is 6.95. The molecule has 1 aliphatic rings. The van der Waals surface area contributed by atoms with E-state index in [0.29, 0.717) is 11.2 Å². The van der Waals surface area contributed by atoms with Crippen molar-refractivity contribution in [2.45, 2.75) is 52.4 Å². The minimum Gasteiger partial charge on any atom is -0.316 e. The van der Waals surface area contributed by atoms with Gasteiger partial charge in [-0.05, 0) is 37.6 Å². The molecule has 0 aliphatic heterocycles. The van der Waals surface area contributed by atoms with Crippen LogP contribution in [0.3, 0.4) is 0 Å². The number of hydrogen-bond acceptors (Lipinski definition) is 3. The minimum absolute atomic E-state index is 0.285. The van der Waals surface area contributed by atoms with Crippen molar-refractivity contribution in [1.82, 2.24) is 5.32 Å². The molecule has 17 heavy (non-hydrogen) atoms. The van der Waals surface area contributed by atoms with Crippen molar-refractivity contribution in [1.29, 1.82) is 0 Å². The first-order valence-corrected chi connectivity index (χ1v) is 8.77. The van der Waals surface area contributed by atoms with Gasteiger partial charge in [-0.2, -0.15) is 0 Å². The Balaban J connectivity index is 2.40. The normalized spacial score (nSPS) is 19.6. The second kappa shape index (κ2) is 6.74. The molecule has 0 unspecified atom stereocenters. The Morgan fingerprint density at radius 1 is 1.18 bits per heavy atom.